The second-order valence-electron chi connectivity index (χ2n) is 11.4. The molecular weight excluding hydrogens is 584 g/mol. The summed E-state index contributed by atoms with van der Waals surface area (Å²) in [6.45, 7) is 2.22. The monoisotopic (exact) mass is 618 g/mol. The van der Waals surface area contributed by atoms with Gasteiger partial charge in [-0.05, 0) is 43.2 Å². The number of rotatable bonds is 6. The minimum atomic E-state index is -0.527. The molecule has 2 fully saturated rings. The number of pyridine rings is 1. The molecule has 2 aliphatic rings. The van der Waals surface area contributed by atoms with Gasteiger partial charge in [-0.25, -0.2) is 0 Å². The number of phenols is 1. The molecule has 11 N–H and O–H groups in total. The molecule has 2 aliphatic heterocycles. The Labute approximate surface area is 258 Å². The zero-order valence-electron chi connectivity index (χ0n) is 23.9. The van der Waals surface area contributed by atoms with Crippen molar-refractivity contribution in [3.63, 3.8) is 0 Å². The molecule has 4 heterocycles. The van der Waals surface area contributed by atoms with Gasteiger partial charge < -0.3 is 48.5 Å². The number of carbonyl (C=O) groups is 1. The molecule has 4 unspecified atom stereocenters. The molecular formula is C29H35ClN12O2. The van der Waals surface area contributed by atoms with Crippen molar-refractivity contribution in [2.75, 3.05) is 46.6 Å². The maximum absolute atomic E-state index is 13.0. The van der Waals surface area contributed by atoms with Gasteiger partial charge in [-0.1, -0.05) is 23.7 Å². The third-order valence-corrected chi connectivity index (χ3v) is 7.99. The van der Waals surface area contributed by atoms with E-state index < -0.39 is 5.91 Å². The number of anilines is 5. The van der Waals surface area contributed by atoms with Gasteiger partial charge in [-0.2, -0.15) is 15.0 Å². The van der Waals surface area contributed by atoms with Crippen molar-refractivity contribution >= 4 is 57.6 Å². The first-order valence-corrected chi connectivity index (χ1v) is 14.7. The van der Waals surface area contributed by atoms with Crippen LogP contribution >= 0.6 is 11.6 Å². The van der Waals surface area contributed by atoms with Crippen LogP contribution in [0.1, 0.15) is 23.2 Å². The quantitative estimate of drug-likeness (QED) is 0.163. The summed E-state index contributed by atoms with van der Waals surface area (Å²) in [6.07, 6.45) is 2.99. The van der Waals surface area contributed by atoms with Crippen LogP contribution < -0.4 is 43.4 Å². The van der Waals surface area contributed by atoms with E-state index in [-0.39, 0.29) is 46.5 Å². The van der Waals surface area contributed by atoms with Crippen molar-refractivity contribution in [1.29, 1.82) is 0 Å². The van der Waals surface area contributed by atoms with Crippen LogP contribution in [0.5, 0.6) is 5.75 Å². The molecule has 0 aliphatic carbocycles. The van der Waals surface area contributed by atoms with Crippen LogP contribution in [0.25, 0.3) is 10.9 Å². The number of aromatic hydroxyl groups is 1. The summed E-state index contributed by atoms with van der Waals surface area (Å²) in [5.41, 5.74) is 26.4. The topological polar surface area (TPSA) is 223 Å². The lowest BCUT2D eigenvalue weighted by Gasteiger charge is -2.37. The van der Waals surface area contributed by atoms with Crippen LogP contribution in [-0.4, -0.2) is 81.3 Å². The highest BCUT2D eigenvalue weighted by Crippen LogP contribution is 2.31. The Morgan fingerprint density at radius 3 is 2.07 bits per heavy atom. The van der Waals surface area contributed by atoms with Gasteiger partial charge in [0.2, 0.25) is 17.8 Å². The van der Waals surface area contributed by atoms with E-state index in [1.54, 1.807) is 48.7 Å². The smallest absolute Gasteiger partial charge is 0.259 e. The molecule has 4 atom stereocenters. The lowest BCUT2D eigenvalue weighted by Crippen LogP contribution is -2.54. The van der Waals surface area contributed by atoms with Crippen LogP contribution in [0.4, 0.5) is 29.2 Å². The molecule has 44 heavy (non-hydrogen) atoms. The number of nitrogens with one attached hydrogen (secondary N) is 2. The van der Waals surface area contributed by atoms with Crippen LogP contribution in [0, 0.1) is 0 Å². The molecule has 14 nitrogen and oxygen atoms in total. The fourth-order valence-electron chi connectivity index (χ4n) is 5.70. The summed E-state index contributed by atoms with van der Waals surface area (Å²) in [5, 5.41) is 17.6. The van der Waals surface area contributed by atoms with E-state index in [0.29, 0.717) is 67.8 Å². The first kappa shape index (κ1) is 29.7. The maximum Gasteiger partial charge on any atom is 0.259 e. The third kappa shape index (κ3) is 6.44. The number of benzene rings is 2. The van der Waals surface area contributed by atoms with Gasteiger partial charge in [0.1, 0.15) is 5.52 Å². The molecule has 0 spiro atoms. The number of nitrogens with zero attached hydrogens (tertiary/aromatic N) is 6. The van der Waals surface area contributed by atoms with Gasteiger partial charge >= 0.3 is 0 Å². The van der Waals surface area contributed by atoms with Gasteiger partial charge in [-0.15, -0.1) is 0 Å². The summed E-state index contributed by atoms with van der Waals surface area (Å²) in [7, 11) is 0. The van der Waals surface area contributed by atoms with E-state index in [1.807, 2.05) is 9.80 Å². The van der Waals surface area contributed by atoms with E-state index in [4.69, 9.17) is 39.5 Å². The summed E-state index contributed by atoms with van der Waals surface area (Å²) in [5.74, 6) is 0.431. The van der Waals surface area contributed by atoms with E-state index >= 15 is 0 Å². The fraction of sp³-hybridized carbons (Fsp3) is 0.345. The second kappa shape index (κ2) is 12.3. The molecule has 2 aromatic carbocycles. The molecule has 15 heteroatoms. The Bertz CT molecular complexity index is 1630. The Hall–Kier alpha value is -4.34. The first-order chi connectivity index (χ1) is 21.1. The van der Waals surface area contributed by atoms with Gasteiger partial charge in [0, 0.05) is 67.6 Å². The normalized spacial score (nSPS) is 22.2. The summed E-state index contributed by atoms with van der Waals surface area (Å²) in [4.78, 5) is 35.2. The Balaban J connectivity index is 1.25. The lowest BCUT2D eigenvalue weighted by atomic mass is 10.0. The van der Waals surface area contributed by atoms with Crippen LogP contribution in [-0.2, 0) is 0 Å². The lowest BCUT2D eigenvalue weighted by molar-refractivity contribution is 0.102. The highest BCUT2D eigenvalue weighted by atomic mass is 35.5. The number of nitrogens with two attached hydrogens (primary N) is 4. The second-order valence-corrected chi connectivity index (χ2v) is 11.8. The van der Waals surface area contributed by atoms with Gasteiger partial charge in [0.15, 0.2) is 5.75 Å². The molecule has 0 radical (unpaired) electrons. The molecule has 230 valence electrons. The zero-order chi connectivity index (χ0) is 31.0. The Kier molecular flexibility index (Phi) is 8.33. The van der Waals surface area contributed by atoms with E-state index in [1.165, 1.54) is 0 Å². The standard InChI is InChI=1S/C29H35ClN12O2/c30-22-10-20(4-6-23(22)37-26(44)21-5-3-15-2-1-7-35-24(15)25(21)43)36-27-38-28(41-11-16(31)8-17(32)12-41)40-29(39-27)42-13-18(33)9-19(34)14-42/h1-7,10,16-19,43H,8-9,11-14,31-34H2,(H,37,44)(H,36,38,39,40). The Morgan fingerprint density at radius 1 is 0.864 bits per heavy atom. The minimum absolute atomic E-state index is 0.0778. The van der Waals surface area contributed by atoms with Crippen molar-refractivity contribution in [3.05, 3.63) is 59.2 Å². The molecule has 4 aromatic rings. The van der Waals surface area contributed by atoms with Crippen molar-refractivity contribution in [1.82, 2.24) is 19.9 Å². The number of carbonyl (C=O) groups excluding carboxylic acids is 1. The number of halogens is 1. The van der Waals surface area contributed by atoms with Gasteiger partial charge in [0.05, 0.1) is 16.3 Å². The van der Waals surface area contributed by atoms with Crippen LogP contribution in [0.3, 0.4) is 0 Å². The number of phenolic OH excluding ortho intramolecular Hbond substituents is 1. The largest absolute Gasteiger partial charge is 0.505 e. The van der Waals surface area contributed by atoms with Gasteiger partial charge in [0.25, 0.3) is 5.91 Å². The SMILES string of the molecule is NC1CC(N)CN(c2nc(Nc3ccc(NC(=O)c4ccc5cccnc5c4O)c(Cl)c3)nc(N3CC(N)CC(N)C3)n2)C1. The van der Waals surface area contributed by atoms with Crippen molar-refractivity contribution in [2.45, 2.75) is 37.0 Å². The fourth-order valence-corrected chi connectivity index (χ4v) is 5.93. The van der Waals surface area contributed by atoms with Crippen molar-refractivity contribution < 1.29 is 9.90 Å². The predicted molar refractivity (Wildman–Crippen MR) is 171 cm³/mol. The Morgan fingerprint density at radius 2 is 1.48 bits per heavy atom. The number of piperidine rings is 2. The predicted octanol–water partition coefficient (Wildman–Crippen LogP) is 1.50. The highest BCUT2D eigenvalue weighted by molar-refractivity contribution is 6.34. The molecule has 0 bridgehead atoms. The number of aromatic nitrogens is 4. The highest BCUT2D eigenvalue weighted by Gasteiger charge is 2.29. The first-order valence-electron chi connectivity index (χ1n) is 14.4. The van der Waals surface area contributed by atoms with Crippen LogP contribution in [0.15, 0.2) is 48.7 Å². The van der Waals surface area contributed by atoms with Crippen LogP contribution in [0.2, 0.25) is 5.02 Å². The molecule has 6 rings (SSSR count). The van der Waals surface area contributed by atoms with E-state index in [2.05, 4.69) is 25.6 Å². The molecule has 1 amide bonds. The maximum atomic E-state index is 13.0. The van der Waals surface area contributed by atoms with E-state index in [0.717, 1.165) is 5.39 Å². The van der Waals surface area contributed by atoms with Gasteiger partial charge in [-0.3, -0.25) is 9.78 Å². The molecule has 0 saturated carbocycles. The number of fused-ring (bicyclic) bond motifs is 1. The van der Waals surface area contributed by atoms with E-state index in [9.17, 15) is 9.90 Å². The average Bonchev–Trinajstić information content (AvgIpc) is 2.98. The minimum Gasteiger partial charge on any atom is -0.505 e. The summed E-state index contributed by atoms with van der Waals surface area (Å²) in [6, 6.07) is 11.4. The number of amides is 1. The van der Waals surface area contributed by atoms with Crippen molar-refractivity contribution in [3.8, 4) is 5.75 Å². The number of hydrogen-bond donors (Lipinski definition) is 7. The summed E-state index contributed by atoms with van der Waals surface area (Å²) >= 11 is 6.58. The third-order valence-electron chi connectivity index (χ3n) is 7.67. The number of hydrogen-bond acceptors (Lipinski definition) is 13. The molecule has 2 saturated heterocycles. The molecule has 2 aromatic heterocycles. The van der Waals surface area contributed by atoms with Crippen molar-refractivity contribution in [2.24, 2.45) is 22.9 Å². The summed E-state index contributed by atoms with van der Waals surface area (Å²) < 4.78 is 0. The average molecular weight is 619 g/mol. The zero-order valence-corrected chi connectivity index (χ0v) is 24.7.